The molecule has 0 aliphatic carbocycles. The molecule has 19 heavy (non-hydrogen) atoms. The van der Waals surface area contributed by atoms with Gasteiger partial charge in [-0.05, 0) is 29.8 Å². The lowest BCUT2D eigenvalue weighted by atomic mass is 10.3. The molecule has 6 nitrogen and oxygen atoms in total. The fraction of sp³-hybridized carbons (Fsp3) is 0. The molecular weight excluding hydrogens is 266 g/mol. The molecule has 0 bridgehead atoms. The van der Waals surface area contributed by atoms with Gasteiger partial charge in [-0.3, -0.25) is 0 Å². The molecule has 2 aromatic rings. The van der Waals surface area contributed by atoms with E-state index in [1.807, 2.05) is 6.07 Å². The highest BCUT2D eigenvalue weighted by Crippen LogP contribution is 2.29. The number of rotatable bonds is 4. The van der Waals surface area contributed by atoms with Gasteiger partial charge in [0.05, 0.1) is 0 Å². The number of ether oxygens (including phenoxy) is 1. The molecule has 0 fully saturated rings. The molecule has 0 atom stereocenters. The van der Waals surface area contributed by atoms with Crippen molar-refractivity contribution < 1.29 is 13.2 Å². The van der Waals surface area contributed by atoms with Gasteiger partial charge in [-0.2, -0.15) is 0 Å². The van der Waals surface area contributed by atoms with Crippen LogP contribution in [0.1, 0.15) is 0 Å². The average Bonchev–Trinajstić information content (AvgIpc) is 2.40. The van der Waals surface area contributed by atoms with Crippen molar-refractivity contribution >= 4 is 10.0 Å². The zero-order valence-electron chi connectivity index (χ0n) is 9.67. The summed E-state index contributed by atoms with van der Waals surface area (Å²) >= 11 is 0. The van der Waals surface area contributed by atoms with Gasteiger partial charge >= 0.3 is 0 Å². The summed E-state index contributed by atoms with van der Waals surface area (Å²) in [4.78, 5) is 2.14. The lowest BCUT2D eigenvalue weighted by Crippen LogP contribution is -1.98. The van der Waals surface area contributed by atoms with Gasteiger partial charge in [0.15, 0.2) is 0 Å². The second-order valence-corrected chi connectivity index (χ2v) is 5.06. The summed E-state index contributed by atoms with van der Waals surface area (Å²) in [5.74, 6) is 0.604. The molecule has 0 unspecified atom stereocenters. The van der Waals surface area contributed by atoms with Gasteiger partial charge in [-0.25, -0.2) is 8.42 Å². The quantitative estimate of drug-likeness (QED) is 0.485. The molecule has 7 heteroatoms. The normalized spacial score (nSPS) is 10.5. The van der Waals surface area contributed by atoms with Crippen LogP contribution in [0.3, 0.4) is 0 Å². The Morgan fingerprint density at radius 1 is 1.00 bits per heavy atom. The van der Waals surface area contributed by atoms with Gasteiger partial charge in [0.25, 0.3) is 10.0 Å². The van der Waals surface area contributed by atoms with Crippen molar-refractivity contribution in [2.75, 3.05) is 0 Å². The maximum absolute atomic E-state index is 11.7. The molecule has 0 spiro atoms. The minimum atomic E-state index is -4.08. The van der Waals surface area contributed by atoms with Crippen molar-refractivity contribution in [1.29, 1.82) is 0 Å². The van der Waals surface area contributed by atoms with Crippen LogP contribution < -0.4 is 4.74 Å². The Bertz CT molecular complexity index is 723. The molecule has 0 saturated heterocycles. The highest BCUT2D eigenvalue weighted by atomic mass is 32.2. The Morgan fingerprint density at radius 3 is 2.32 bits per heavy atom. The van der Waals surface area contributed by atoms with Crippen LogP contribution in [0.25, 0.3) is 10.4 Å². The first-order valence-corrected chi connectivity index (χ1v) is 6.71. The fourth-order valence-corrected chi connectivity index (χ4v) is 2.25. The second kappa shape index (κ2) is 5.43. The van der Waals surface area contributed by atoms with Crippen LogP contribution in [0, 0.1) is 0 Å². The zero-order valence-corrected chi connectivity index (χ0v) is 10.5. The van der Waals surface area contributed by atoms with Crippen LogP contribution in [0.5, 0.6) is 11.5 Å². The predicted molar refractivity (Wildman–Crippen MR) is 69.3 cm³/mol. The Kier molecular flexibility index (Phi) is 3.70. The Morgan fingerprint density at radius 2 is 1.63 bits per heavy atom. The zero-order chi connectivity index (χ0) is 13.7. The predicted octanol–water partition coefficient (Wildman–Crippen LogP) is 3.48. The molecule has 0 aliphatic heterocycles. The Hall–Kier alpha value is -2.50. The first-order valence-electron chi connectivity index (χ1n) is 5.27. The third-order valence-corrected chi connectivity index (χ3v) is 3.42. The van der Waals surface area contributed by atoms with E-state index in [0.29, 0.717) is 5.75 Å². The van der Waals surface area contributed by atoms with Gasteiger partial charge in [0, 0.05) is 9.43 Å². The van der Waals surface area contributed by atoms with Crippen molar-refractivity contribution in [3.05, 3.63) is 65.0 Å². The summed E-state index contributed by atoms with van der Waals surface area (Å²) in [7, 11) is -4.08. The monoisotopic (exact) mass is 275 g/mol. The molecule has 2 rings (SSSR count). The summed E-state index contributed by atoms with van der Waals surface area (Å²) in [6.45, 7) is 0. The van der Waals surface area contributed by atoms with E-state index in [4.69, 9.17) is 10.3 Å². The van der Waals surface area contributed by atoms with E-state index < -0.39 is 10.0 Å². The number of nitrogens with zero attached hydrogens (tertiary/aromatic N) is 3. The van der Waals surface area contributed by atoms with E-state index in [1.165, 1.54) is 18.2 Å². The van der Waals surface area contributed by atoms with E-state index in [2.05, 4.69) is 9.43 Å². The topological polar surface area (TPSA) is 92.1 Å². The van der Waals surface area contributed by atoms with Gasteiger partial charge in [-0.15, -0.1) is 0 Å². The van der Waals surface area contributed by atoms with Crippen molar-refractivity contribution in [1.82, 2.24) is 0 Å². The largest absolute Gasteiger partial charge is 0.456 e. The van der Waals surface area contributed by atoms with Crippen LogP contribution in [0.15, 0.2) is 64.0 Å². The Balaban J connectivity index is 2.46. The van der Waals surface area contributed by atoms with Crippen LogP contribution in [0.4, 0.5) is 0 Å². The number of hydrogen-bond donors (Lipinski definition) is 0. The highest BCUT2D eigenvalue weighted by Gasteiger charge is 2.18. The minimum Gasteiger partial charge on any atom is -0.456 e. The standard InChI is InChI=1S/C12H9N3O3S/c13-14-15-19(16,17)12-9-5-4-8-11(12)18-10-6-2-1-3-7-10/h1-9H. The SMILES string of the molecule is [N-]=[N+]=NS(=O)(=O)c1ccccc1Oc1ccccc1. The van der Waals surface area contributed by atoms with Crippen LogP contribution >= 0.6 is 0 Å². The number of benzene rings is 2. The second-order valence-electron chi connectivity index (χ2n) is 3.51. The van der Waals surface area contributed by atoms with Crippen molar-refractivity contribution in [3.8, 4) is 11.5 Å². The molecule has 0 N–H and O–H groups in total. The van der Waals surface area contributed by atoms with E-state index in [-0.39, 0.29) is 10.6 Å². The fourth-order valence-electron chi connectivity index (χ4n) is 1.46. The van der Waals surface area contributed by atoms with E-state index in [9.17, 15) is 8.42 Å². The molecular formula is C12H9N3O3S. The third kappa shape index (κ3) is 3.04. The van der Waals surface area contributed by atoms with Crippen LogP contribution in [-0.2, 0) is 10.0 Å². The third-order valence-electron chi connectivity index (χ3n) is 2.24. The molecule has 2 aromatic carbocycles. The van der Waals surface area contributed by atoms with E-state index in [1.54, 1.807) is 30.3 Å². The first-order chi connectivity index (χ1) is 9.13. The number of para-hydroxylation sites is 2. The van der Waals surface area contributed by atoms with Crippen LogP contribution in [-0.4, -0.2) is 8.42 Å². The summed E-state index contributed by atoms with van der Waals surface area (Å²) in [6, 6.07) is 14.7. The van der Waals surface area contributed by atoms with Gasteiger partial charge in [0.1, 0.15) is 16.4 Å². The highest BCUT2D eigenvalue weighted by molar-refractivity contribution is 7.90. The summed E-state index contributed by atoms with van der Waals surface area (Å²) in [6.07, 6.45) is 0. The maximum Gasteiger partial charge on any atom is 0.268 e. The lowest BCUT2D eigenvalue weighted by Gasteiger charge is -2.08. The molecule has 0 aliphatic rings. The number of hydrogen-bond acceptors (Lipinski definition) is 3. The smallest absolute Gasteiger partial charge is 0.268 e. The summed E-state index contributed by atoms with van der Waals surface area (Å²) in [5.41, 5.74) is 8.28. The van der Waals surface area contributed by atoms with Crippen molar-refractivity contribution in [2.24, 2.45) is 4.52 Å². The van der Waals surface area contributed by atoms with Gasteiger partial charge < -0.3 is 4.74 Å². The van der Waals surface area contributed by atoms with Gasteiger partial charge in [-0.1, -0.05) is 30.3 Å². The lowest BCUT2D eigenvalue weighted by molar-refractivity contribution is 0.467. The molecule has 0 amide bonds. The molecule has 0 heterocycles. The number of sulfonamides is 1. The minimum absolute atomic E-state index is 0.112. The summed E-state index contributed by atoms with van der Waals surface area (Å²) < 4.78 is 31.8. The molecule has 96 valence electrons. The van der Waals surface area contributed by atoms with E-state index >= 15 is 0 Å². The Labute approximate surface area is 109 Å². The van der Waals surface area contributed by atoms with Gasteiger partial charge in [0.2, 0.25) is 0 Å². The van der Waals surface area contributed by atoms with Crippen LogP contribution in [0.2, 0.25) is 0 Å². The van der Waals surface area contributed by atoms with Crippen molar-refractivity contribution in [2.45, 2.75) is 4.90 Å². The molecule has 0 radical (unpaired) electrons. The first kappa shape index (κ1) is 12.9. The summed E-state index contributed by atoms with van der Waals surface area (Å²) in [5, 5.41) is 0. The molecule has 0 saturated carbocycles. The number of azide groups is 1. The maximum atomic E-state index is 11.7. The van der Waals surface area contributed by atoms with E-state index in [0.717, 1.165) is 0 Å². The van der Waals surface area contributed by atoms with Crippen molar-refractivity contribution in [3.63, 3.8) is 0 Å². The average molecular weight is 275 g/mol. The molecule has 0 aromatic heterocycles.